The number of ether oxygens (including phenoxy) is 1. The molecular weight excluding hydrogens is 586 g/mol. The zero-order valence-corrected chi connectivity index (χ0v) is 27.1. The largest absolute Gasteiger partial charge is 0.497 e. The van der Waals surface area contributed by atoms with Crippen molar-refractivity contribution in [2.75, 3.05) is 24.5 Å². The quantitative estimate of drug-likeness (QED) is 0.194. The number of carbonyl (C=O) groups is 2. The second kappa shape index (κ2) is 15.4. The van der Waals surface area contributed by atoms with E-state index in [9.17, 15) is 18.0 Å². The van der Waals surface area contributed by atoms with Gasteiger partial charge in [-0.1, -0.05) is 85.3 Å². The maximum absolute atomic E-state index is 14.5. The normalized spacial score (nSPS) is 11.8. The number of sulfonamides is 1. The molecule has 0 saturated heterocycles. The number of aryl methyl sites for hydroxylation is 2. The highest BCUT2D eigenvalue weighted by atomic mass is 32.2. The van der Waals surface area contributed by atoms with Crippen molar-refractivity contribution in [3.05, 3.63) is 125 Å². The van der Waals surface area contributed by atoms with Gasteiger partial charge in [-0.15, -0.1) is 0 Å². The molecule has 0 heterocycles. The molecule has 0 bridgehead atoms. The van der Waals surface area contributed by atoms with Crippen LogP contribution in [-0.2, 0) is 32.6 Å². The summed E-state index contributed by atoms with van der Waals surface area (Å²) in [5.74, 6) is -0.358. The van der Waals surface area contributed by atoms with E-state index in [4.69, 9.17) is 4.74 Å². The van der Waals surface area contributed by atoms with Crippen LogP contribution in [0.25, 0.3) is 0 Å². The number of nitrogens with one attached hydrogen (secondary N) is 1. The molecule has 236 valence electrons. The zero-order chi connectivity index (χ0) is 32.4. The van der Waals surface area contributed by atoms with Crippen molar-refractivity contribution >= 4 is 27.5 Å². The highest BCUT2D eigenvalue weighted by Crippen LogP contribution is 2.28. The monoisotopic (exact) mass is 627 g/mol. The van der Waals surface area contributed by atoms with Crippen LogP contribution in [0.4, 0.5) is 5.69 Å². The number of amides is 2. The smallest absolute Gasteiger partial charge is 0.264 e. The molecule has 0 aromatic heterocycles. The van der Waals surface area contributed by atoms with Crippen molar-refractivity contribution in [1.29, 1.82) is 0 Å². The van der Waals surface area contributed by atoms with Crippen LogP contribution in [0.1, 0.15) is 35.6 Å². The summed E-state index contributed by atoms with van der Waals surface area (Å²) >= 11 is 0. The van der Waals surface area contributed by atoms with Crippen molar-refractivity contribution in [3.63, 3.8) is 0 Å². The van der Waals surface area contributed by atoms with Gasteiger partial charge in [0.1, 0.15) is 18.3 Å². The molecule has 1 atom stereocenters. The molecule has 1 N–H and O–H groups in total. The molecule has 4 aromatic rings. The lowest BCUT2D eigenvalue weighted by molar-refractivity contribution is -0.140. The van der Waals surface area contributed by atoms with Crippen LogP contribution < -0.4 is 14.4 Å². The molecule has 0 saturated carbocycles. The highest BCUT2D eigenvalue weighted by Gasteiger charge is 2.34. The second-order valence-corrected chi connectivity index (χ2v) is 12.8. The first-order valence-electron chi connectivity index (χ1n) is 15.0. The zero-order valence-electron chi connectivity index (χ0n) is 26.3. The van der Waals surface area contributed by atoms with E-state index in [1.807, 2.05) is 75.4 Å². The maximum atomic E-state index is 14.5. The van der Waals surface area contributed by atoms with Crippen molar-refractivity contribution in [2.45, 2.75) is 51.1 Å². The predicted molar refractivity (Wildman–Crippen MR) is 178 cm³/mol. The van der Waals surface area contributed by atoms with Gasteiger partial charge in [0.05, 0.1) is 17.7 Å². The van der Waals surface area contributed by atoms with Crippen LogP contribution in [-0.4, -0.2) is 51.4 Å². The number of nitrogens with zero attached hydrogens (tertiary/aromatic N) is 2. The Hall–Kier alpha value is -4.63. The Balaban J connectivity index is 1.82. The summed E-state index contributed by atoms with van der Waals surface area (Å²) in [6.45, 7) is 5.84. The van der Waals surface area contributed by atoms with E-state index in [-0.39, 0.29) is 29.5 Å². The fraction of sp³-hybridized carbons (Fsp3) is 0.278. The number of rotatable bonds is 14. The van der Waals surface area contributed by atoms with Crippen molar-refractivity contribution in [1.82, 2.24) is 10.2 Å². The van der Waals surface area contributed by atoms with E-state index < -0.39 is 28.5 Å². The molecule has 8 nitrogen and oxygen atoms in total. The van der Waals surface area contributed by atoms with E-state index in [0.717, 1.165) is 33.0 Å². The summed E-state index contributed by atoms with van der Waals surface area (Å²) in [5, 5.41) is 2.97. The fourth-order valence-corrected chi connectivity index (χ4v) is 6.43. The first-order valence-corrected chi connectivity index (χ1v) is 16.5. The molecule has 0 fully saturated rings. The summed E-state index contributed by atoms with van der Waals surface area (Å²) < 4.78 is 34.9. The predicted octanol–water partition coefficient (Wildman–Crippen LogP) is 5.67. The molecule has 4 rings (SSSR count). The van der Waals surface area contributed by atoms with Crippen LogP contribution in [0.5, 0.6) is 5.75 Å². The lowest BCUT2D eigenvalue weighted by Gasteiger charge is -2.34. The van der Waals surface area contributed by atoms with E-state index in [2.05, 4.69) is 5.32 Å². The molecule has 0 aliphatic rings. The van der Waals surface area contributed by atoms with Gasteiger partial charge in [0.15, 0.2) is 0 Å². The number of hydrogen-bond donors (Lipinski definition) is 1. The Kier molecular flexibility index (Phi) is 11.4. The summed E-state index contributed by atoms with van der Waals surface area (Å²) in [7, 11) is -2.70. The Morgan fingerprint density at radius 3 is 2.22 bits per heavy atom. The average molecular weight is 628 g/mol. The number of anilines is 1. The van der Waals surface area contributed by atoms with Crippen LogP contribution in [0.15, 0.2) is 108 Å². The Morgan fingerprint density at radius 2 is 1.56 bits per heavy atom. The molecule has 0 aliphatic carbocycles. The second-order valence-electron chi connectivity index (χ2n) is 11.0. The molecule has 0 aliphatic heterocycles. The minimum Gasteiger partial charge on any atom is -0.497 e. The summed E-state index contributed by atoms with van der Waals surface area (Å²) in [6.07, 6.45) is 0.992. The molecule has 2 amide bonds. The van der Waals surface area contributed by atoms with Gasteiger partial charge in [0.25, 0.3) is 10.0 Å². The first kappa shape index (κ1) is 33.3. The molecule has 1 unspecified atom stereocenters. The number of methoxy groups -OCH3 is 1. The van der Waals surface area contributed by atoms with E-state index in [1.54, 1.807) is 36.4 Å². The molecule has 9 heteroatoms. The lowest BCUT2D eigenvalue weighted by Crippen LogP contribution is -2.53. The maximum Gasteiger partial charge on any atom is 0.264 e. The minimum absolute atomic E-state index is 0.0516. The molecule has 0 spiro atoms. The summed E-state index contributed by atoms with van der Waals surface area (Å²) in [6, 6.07) is 29.4. The van der Waals surface area contributed by atoms with Crippen LogP contribution in [0.2, 0.25) is 0 Å². The van der Waals surface area contributed by atoms with E-state index >= 15 is 0 Å². The molecule has 4 aromatic carbocycles. The number of carbonyl (C=O) groups excluding carboxylic acids is 2. The third kappa shape index (κ3) is 8.51. The average Bonchev–Trinajstić information content (AvgIpc) is 3.05. The van der Waals surface area contributed by atoms with Gasteiger partial charge < -0.3 is 15.0 Å². The third-order valence-corrected chi connectivity index (χ3v) is 9.44. The fourth-order valence-electron chi connectivity index (χ4n) is 5.02. The lowest BCUT2D eigenvalue weighted by atomic mass is 10.0. The van der Waals surface area contributed by atoms with Gasteiger partial charge in [0, 0.05) is 25.6 Å². The first-order chi connectivity index (χ1) is 21.6. The SMILES string of the molecule is CCCNC(=O)C(Cc1ccccc1)N(Cc1ccccc1C)C(=O)CN(c1cccc(OC)c1)S(=O)(=O)c1ccc(C)cc1. The number of hydrogen-bond acceptors (Lipinski definition) is 5. The molecule has 45 heavy (non-hydrogen) atoms. The van der Waals surface area contributed by atoms with Gasteiger partial charge in [-0.25, -0.2) is 8.42 Å². The summed E-state index contributed by atoms with van der Waals surface area (Å²) in [4.78, 5) is 29.9. The minimum atomic E-state index is -4.19. The topological polar surface area (TPSA) is 96.0 Å². The van der Waals surface area contributed by atoms with E-state index in [1.165, 1.54) is 24.1 Å². The number of benzene rings is 4. The Bertz CT molecular complexity index is 1690. The van der Waals surface area contributed by atoms with Gasteiger partial charge in [0.2, 0.25) is 11.8 Å². The standard InChI is InChI=1S/C36H41N3O5S/c1-5-22-37-36(41)34(23-29-13-7-6-8-14-29)38(25-30-15-10-9-12-28(30)3)35(40)26-39(31-16-11-17-32(24-31)44-4)45(42,43)33-20-18-27(2)19-21-33/h6-21,24,34H,5,22-23,25-26H2,1-4H3,(H,37,41). The highest BCUT2D eigenvalue weighted by molar-refractivity contribution is 7.92. The van der Waals surface area contributed by atoms with Crippen molar-refractivity contribution in [2.24, 2.45) is 0 Å². The Labute approximate surface area is 266 Å². The molecular formula is C36H41N3O5S. The van der Waals surface area contributed by atoms with E-state index in [0.29, 0.717) is 12.3 Å². The van der Waals surface area contributed by atoms with Gasteiger partial charge >= 0.3 is 0 Å². The van der Waals surface area contributed by atoms with Crippen molar-refractivity contribution < 1.29 is 22.7 Å². The summed E-state index contributed by atoms with van der Waals surface area (Å²) in [5.41, 5.74) is 3.88. The van der Waals surface area contributed by atoms with Crippen molar-refractivity contribution in [3.8, 4) is 5.75 Å². The van der Waals surface area contributed by atoms with Crippen LogP contribution in [0.3, 0.4) is 0 Å². The third-order valence-electron chi connectivity index (χ3n) is 7.65. The van der Waals surface area contributed by atoms with Crippen LogP contribution >= 0.6 is 0 Å². The van der Waals surface area contributed by atoms with Gasteiger partial charge in [-0.2, -0.15) is 0 Å². The molecule has 0 radical (unpaired) electrons. The van der Waals surface area contributed by atoms with Gasteiger partial charge in [-0.3, -0.25) is 13.9 Å². The van der Waals surface area contributed by atoms with Gasteiger partial charge in [-0.05, 0) is 61.2 Å². The Morgan fingerprint density at radius 1 is 0.867 bits per heavy atom. The van der Waals surface area contributed by atoms with Crippen LogP contribution in [0, 0.1) is 13.8 Å².